The molecule has 0 saturated carbocycles. The number of benzene rings is 1. The summed E-state index contributed by atoms with van der Waals surface area (Å²) in [4.78, 5) is 8.66. The summed E-state index contributed by atoms with van der Waals surface area (Å²) < 4.78 is 27.5. The Hall–Kier alpha value is -1.99. The second-order valence-electron chi connectivity index (χ2n) is 6.46. The molecule has 0 spiro atoms. The minimum atomic E-state index is -3.57. The Morgan fingerprint density at radius 3 is 2.48 bits per heavy atom. The first-order valence-corrected chi connectivity index (χ1v) is 8.76. The van der Waals surface area contributed by atoms with Gasteiger partial charge in [0.1, 0.15) is 11.6 Å². The molecule has 0 amide bonds. The van der Waals surface area contributed by atoms with Crippen molar-refractivity contribution < 1.29 is 8.42 Å². The number of hydrogen-bond acceptors (Lipinski definition) is 5. The van der Waals surface area contributed by atoms with Gasteiger partial charge in [0.25, 0.3) is 0 Å². The van der Waals surface area contributed by atoms with Crippen LogP contribution in [0, 0.1) is 13.8 Å². The van der Waals surface area contributed by atoms with Crippen LogP contribution in [-0.4, -0.2) is 23.9 Å². The normalized spacial score (nSPS) is 12.2. The molecule has 1 aromatic carbocycles. The van der Waals surface area contributed by atoms with Crippen LogP contribution in [0.25, 0.3) is 0 Å². The molecular weight excluding hydrogens is 312 g/mol. The van der Waals surface area contributed by atoms with Crippen molar-refractivity contribution in [3.63, 3.8) is 0 Å². The van der Waals surface area contributed by atoms with Crippen LogP contribution in [0.1, 0.15) is 32.2 Å². The summed E-state index contributed by atoms with van der Waals surface area (Å²) in [5.74, 6) is 1.31. The van der Waals surface area contributed by atoms with Crippen LogP contribution in [0.3, 0.4) is 0 Å². The summed E-state index contributed by atoms with van der Waals surface area (Å²) in [5, 5.41) is 3.15. The zero-order chi connectivity index (χ0) is 17.3. The molecular formula is C16H22N4O2S. The minimum absolute atomic E-state index is 0.209. The molecule has 7 heteroatoms. The number of aromatic nitrogens is 2. The van der Waals surface area contributed by atoms with E-state index in [2.05, 4.69) is 20.0 Å². The maximum absolute atomic E-state index is 12.4. The Bertz CT molecular complexity index is 811. The van der Waals surface area contributed by atoms with E-state index >= 15 is 0 Å². The van der Waals surface area contributed by atoms with Gasteiger partial charge in [-0.1, -0.05) is 6.07 Å². The standard InChI is InChI=1S/C16H22N4O2S/c1-11-10-17-12(2)18-15(11)19-13-7-6-8-14(9-13)23(21,22)20-16(3,4)5/h6-10,20H,1-5H3,(H,17,18,19). The van der Waals surface area contributed by atoms with Crippen molar-refractivity contribution >= 4 is 21.5 Å². The van der Waals surface area contributed by atoms with E-state index in [0.717, 1.165) is 5.56 Å². The number of hydrogen-bond donors (Lipinski definition) is 2. The highest BCUT2D eigenvalue weighted by Crippen LogP contribution is 2.21. The molecule has 0 unspecified atom stereocenters. The lowest BCUT2D eigenvalue weighted by molar-refractivity contribution is 0.491. The maximum atomic E-state index is 12.4. The van der Waals surface area contributed by atoms with Gasteiger partial charge in [0.15, 0.2) is 0 Å². The van der Waals surface area contributed by atoms with E-state index in [0.29, 0.717) is 17.3 Å². The van der Waals surface area contributed by atoms with Gasteiger partial charge in [-0.15, -0.1) is 0 Å². The molecule has 0 radical (unpaired) electrons. The van der Waals surface area contributed by atoms with E-state index in [1.54, 1.807) is 58.2 Å². The zero-order valence-corrected chi connectivity index (χ0v) is 14.8. The molecule has 1 aromatic heterocycles. The molecule has 1 heterocycles. The van der Waals surface area contributed by atoms with Gasteiger partial charge in [0, 0.05) is 23.0 Å². The lowest BCUT2D eigenvalue weighted by atomic mass is 10.1. The average Bonchev–Trinajstić information content (AvgIpc) is 2.41. The Balaban J connectivity index is 2.32. The van der Waals surface area contributed by atoms with E-state index in [-0.39, 0.29) is 4.90 Å². The molecule has 124 valence electrons. The molecule has 0 aliphatic carbocycles. The van der Waals surface area contributed by atoms with E-state index in [1.807, 2.05) is 6.92 Å². The van der Waals surface area contributed by atoms with Crippen LogP contribution in [0.5, 0.6) is 0 Å². The first kappa shape index (κ1) is 17.4. The minimum Gasteiger partial charge on any atom is -0.340 e. The Morgan fingerprint density at radius 2 is 1.83 bits per heavy atom. The van der Waals surface area contributed by atoms with Gasteiger partial charge in [0.2, 0.25) is 10.0 Å². The monoisotopic (exact) mass is 334 g/mol. The number of aryl methyl sites for hydroxylation is 2. The number of sulfonamides is 1. The van der Waals surface area contributed by atoms with Gasteiger partial charge in [-0.05, 0) is 52.8 Å². The fourth-order valence-corrected chi connectivity index (χ4v) is 3.46. The molecule has 0 bridgehead atoms. The lowest BCUT2D eigenvalue weighted by Crippen LogP contribution is -2.40. The predicted molar refractivity (Wildman–Crippen MR) is 91.3 cm³/mol. The largest absolute Gasteiger partial charge is 0.340 e. The number of nitrogens with zero attached hydrogens (tertiary/aromatic N) is 2. The number of rotatable bonds is 4. The molecule has 2 aromatic rings. The quantitative estimate of drug-likeness (QED) is 0.898. The molecule has 23 heavy (non-hydrogen) atoms. The highest BCUT2D eigenvalue weighted by atomic mass is 32.2. The van der Waals surface area contributed by atoms with Crippen LogP contribution in [0.2, 0.25) is 0 Å². The van der Waals surface area contributed by atoms with Crippen LogP contribution in [0.4, 0.5) is 11.5 Å². The van der Waals surface area contributed by atoms with Crippen LogP contribution in [0.15, 0.2) is 35.4 Å². The number of nitrogens with one attached hydrogen (secondary N) is 2. The molecule has 0 atom stereocenters. The summed E-state index contributed by atoms with van der Waals surface area (Å²) >= 11 is 0. The van der Waals surface area contributed by atoms with Crippen molar-refractivity contribution in [1.29, 1.82) is 0 Å². The third-order valence-electron chi connectivity index (χ3n) is 2.94. The molecule has 2 N–H and O–H groups in total. The van der Waals surface area contributed by atoms with E-state index < -0.39 is 15.6 Å². The molecule has 6 nitrogen and oxygen atoms in total. The molecule has 0 saturated heterocycles. The highest BCUT2D eigenvalue weighted by molar-refractivity contribution is 7.89. The van der Waals surface area contributed by atoms with Crippen LogP contribution >= 0.6 is 0 Å². The van der Waals surface area contributed by atoms with Crippen molar-refractivity contribution in [2.75, 3.05) is 5.32 Å². The first-order chi connectivity index (χ1) is 10.6. The van der Waals surface area contributed by atoms with E-state index in [1.165, 1.54) is 0 Å². The first-order valence-electron chi connectivity index (χ1n) is 7.28. The zero-order valence-electron chi connectivity index (χ0n) is 14.0. The van der Waals surface area contributed by atoms with Gasteiger partial charge in [0.05, 0.1) is 4.90 Å². The van der Waals surface area contributed by atoms with Gasteiger partial charge in [-0.3, -0.25) is 0 Å². The second kappa shape index (κ2) is 6.25. The van der Waals surface area contributed by atoms with Gasteiger partial charge in [-0.25, -0.2) is 23.1 Å². The Kier molecular flexibility index (Phi) is 4.72. The van der Waals surface area contributed by atoms with Crippen molar-refractivity contribution in [3.05, 3.63) is 41.9 Å². The van der Waals surface area contributed by atoms with Crippen molar-refractivity contribution in [2.24, 2.45) is 0 Å². The Morgan fingerprint density at radius 1 is 1.13 bits per heavy atom. The summed E-state index contributed by atoms with van der Waals surface area (Å²) in [5.41, 5.74) is 1.00. The van der Waals surface area contributed by atoms with Gasteiger partial charge < -0.3 is 5.32 Å². The van der Waals surface area contributed by atoms with Crippen LogP contribution in [-0.2, 0) is 10.0 Å². The summed E-state index contributed by atoms with van der Waals surface area (Å²) in [6.07, 6.45) is 1.73. The molecule has 2 rings (SSSR count). The van der Waals surface area contributed by atoms with E-state index in [4.69, 9.17) is 0 Å². The smallest absolute Gasteiger partial charge is 0.241 e. The summed E-state index contributed by atoms with van der Waals surface area (Å²) in [7, 11) is -3.57. The molecule has 0 aliphatic rings. The summed E-state index contributed by atoms with van der Waals surface area (Å²) in [6.45, 7) is 9.11. The average molecular weight is 334 g/mol. The van der Waals surface area contributed by atoms with Crippen molar-refractivity contribution in [1.82, 2.24) is 14.7 Å². The Labute approximate surface area is 137 Å². The third kappa shape index (κ3) is 4.74. The molecule has 0 aliphatic heterocycles. The van der Waals surface area contributed by atoms with Gasteiger partial charge in [-0.2, -0.15) is 0 Å². The highest BCUT2D eigenvalue weighted by Gasteiger charge is 2.22. The molecule has 0 fully saturated rings. The van der Waals surface area contributed by atoms with Crippen molar-refractivity contribution in [3.8, 4) is 0 Å². The van der Waals surface area contributed by atoms with E-state index in [9.17, 15) is 8.42 Å². The fourth-order valence-electron chi connectivity index (χ4n) is 2.00. The van der Waals surface area contributed by atoms with Crippen LogP contribution < -0.4 is 10.0 Å². The van der Waals surface area contributed by atoms with Crippen molar-refractivity contribution in [2.45, 2.75) is 45.1 Å². The fraction of sp³-hybridized carbons (Fsp3) is 0.375. The van der Waals surface area contributed by atoms with Gasteiger partial charge >= 0.3 is 0 Å². The summed E-state index contributed by atoms with van der Waals surface area (Å²) in [6, 6.07) is 6.65. The SMILES string of the molecule is Cc1ncc(C)c(Nc2cccc(S(=O)(=O)NC(C)(C)C)c2)n1. The third-order valence-corrected chi connectivity index (χ3v) is 4.70. The topological polar surface area (TPSA) is 84.0 Å². The maximum Gasteiger partial charge on any atom is 0.241 e. The number of anilines is 2. The second-order valence-corrected chi connectivity index (χ2v) is 8.14. The predicted octanol–water partition coefficient (Wildman–Crippen LogP) is 2.91. The lowest BCUT2D eigenvalue weighted by Gasteiger charge is -2.20.